The summed E-state index contributed by atoms with van der Waals surface area (Å²) in [5, 5.41) is 0. The fourth-order valence-electron chi connectivity index (χ4n) is 1.72. The quantitative estimate of drug-likeness (QED) is 0.724. The Kier molecular flexibility index (Phi) is 2.08. The molecule has 0 bridgehead atoms. The van der Waals surface area contributed by atoms with E-state index in [-0.39, 0.29) is 11.9 Å². The number of hydrogen-bond donors (Lipinski definition) is 1. The molecule has 0 radical (unpaired) electrons. The average Bonchev–Trinajstić information content (AvgIpc) is 2.31. The van der Waals surface area contributed by atoms with E-state index in [1.807, 2.05) is 0 Å². The lowest BCUT2D eigenvalue weighted by Gasteiger charge is -2.07. The average molecular weight is 277 g/mol. The normalized spacial score (nSPS) is 21.1. The number of fused-ring (bicyclic) bond motifs is 1. The lowest BCUT2D eigenvalue weighted by Crippen LogP contribution is -2.07. The number of benzene rings is 1. The second kappa shape index (κ2) is 2.96. The van der Waals surface area contributed by atoms with Crippen LogP contribution in [0.25, 0.3) is 0 Å². The van der Waals surface area contributed by atoms with Crippen molar-refractivity contribution in [1.29, 1.82) is 0 Å². The zero-order chi connectivity index (χ0) is 8.72. The highest BCUT2D eigenvalue weighted by atomic mass is 127. The van der Waals surface area contributed by atoms with Crippen LogP contribution in [0, 0.1) is 9.39 Å². The molecule has 0 aliphatic heterocycles. The van der Waals surface area contributed by atoms with Crippen molar-refractivity contribution in [3.05, 3.63) is 32.6 Å². The SMILES string of the molecule is N[C@@H]1CCc2cc(F)cc(I)c21. The third-order valence-corrected chi connectivity index (χ3v) is 3.17. The van der Waals surface area contributed by atoms with E-state index in [0.717, 1.165) is 27.5 Å². The van der Waals surface area contributed by atoms with Gasteiger partial charge in [-0.1, -0.05) is 0 Å². The van der Waals surface area contributed by atoms with Crippen molar-refractivity contribution in [2.45, 2.75) is 18.9 Å². The fraction of sp³-hybridized carbons (Fsp3) is 0.333. The predicted molar refractivity (Wildman–Crippen MR) is 54.4 cm³/mol. The van der Waals surface area contributed by atoms with Crippen LogP contribution < -0.4 is 5.73 Å². The summed E-state index contributed by atoms with van der Waals surface area (Å²) in [7, 11) is 0. The second-order valence-corrected chi connectivity index (χ2v) is 4.27. The standard InChI is InChI=1S/C9H9FIN/c10-6-3-5-1-2-8(12)9(5)7(11)4-6/h3-4,8H,1-2,12H2/t8-/m1/s1. The number of hydrogen-bond acceptors (Lipinski definition) is 1. The summed E-state index contributed by atoms with van der Waals surface area (Å²) in [5.74, 6) is -0.146. The molecular weight excluding hydrogens is 268 g/mol. The topological polar surface area (TPSA) is 26.0 Å². The van der Waals surface area contributed by atoms with Crippen LogP contribution in [0.3, 0.4) is 0 Å². The highest BCUT2D eigenvalue weighted by molar-refractivity contribution is 14.1. The van der Waals surface area contributed by atoms with Gasteiger partial charge in [-0.15, -0.1) is 0 Å². The van der Waals surface area contributed by atoms with Crippen molar-refractivity contribution in [2.24, 2.45) is 5.73 Å². The van der Waals surface area contributed by atoms with Crippen LogP contribution in [-0.2, 0) is 6.42 Å². The minimum Gasteiger partial charge on any atom is -0.324 e. The van der Waals surface area contributed by atoms with E-state index < -0.39 is 0 Å². The molecule has 0 fully saturated rings. The first-order valence-electron chi connectivity index (χ1n) is 3.92. The molecule has 12 heavy (non-hydrogen) atoms. The van der Waals surface area contributed by atoms with Crippen molar-refractivity contribution in [3.63, 3.8) is 0 Å². The van der Waals surface area contributed by atoms with E-state index in [1.54, 1.807) is 12.1 Å². The largest absolute Gasteiger partial charge is 0.324 e. The van der Waals surface area contributed by atoms with Gasteiger partial charge in [-0.3, -0.25) is 0 Å². The van der Waals surface area contributed by atoms with Gasteiger partial charge in [0.2, 0.25) is 0 Å². The summed E-state index contributed by atoms with van der Waals surface area (Å²) in [6.07, 6.45) is 1.87. The minimum absolute atomic E-state index is 0.118. The van der Waals surface area contributed by atoms with Crippen molar-refractivity contribution in [3.8, 4) is 0 Å². The zero-order valence-corrected chi connectivity index (χ0v) is 8.64. The molecule has 64 valence electrons. The summed E-state index contributed by atoms with van der Waals surface area (Å²) in [5.41, 5.74) is 8.11. The van der Waals surface area contributed by atoms with Gasteiger partial charge in [-0.2, -0.15) is 0 Å². The molecule has 1 aliphatic rings. The van der Waals surface area contributed by atoms with Crippen LogP contribution in [0.5, 0.6) is 0 Å². The second-order valence-electron chi connectivity index (χ2n) is 3.11. The Bertz CT molecular complexity index is 325. The van der Waals surface area contributed by atoms with Gasteiger partial charge in [0.05, 0.1) is 0 Å². The van der Waals surface area contributed by atoms with E-state index >= 15 is 0 Å². The van der Waals surface area contributed by atoms with Crippen LogP contribution in [0.15, 0.2) is 12.1 Å². The Morgan fingerprint density at radius 1 is 1.50 bits per heavy atom. The van der Waals surface area contributed by atoms with Gasteiger partial charge in [0.25, 0.3) is 0 Å². The van der Waals surface area contributed by atoms with Crippen molar-refractivity contribution < 1.29 is 4.39 Å². The van der Waals surface area contributed by atoms with Crippen LogP contribution >= 0.6 is 22.6 Å². The van der Waals surface area contributed by atoms with Crippen LogP contribution in [0.4, 0.5) is 4.39 Å². The van der Waals surface area contributed by atoms with E-state index in [1.165, 1.54) is 0 Å². The maximum absolute atomic E-state index is 12.9. The highest BCUT2D eigenvalue weighted by Gasteiger charge is 2.22. The number of nitrogens with two attached hydrogens (primary N) is 1. The van der Waals surface area contributed by atoms with E-state index in [9.17, 15) is 4.39 Å². The van der Waals surface area contributed by atoms with Gasteiger partial charge in [-0.05, 0) is 58.7 Å². The van der Waals surface area contributed by atoms with Crippen LogP contribution in [0.2, 0.25) is 0 Å². The van der Waals surface area contributed by atoms with E-state index in [4.69, 9.17) is 5.73 Å². The molecule has 1 aromatic rings. The molecule has 0 aromatic heterocycles. The summed E-state index contributed by atoms with van der Waals surface area (Å²) < 4.78 is 13.9. The van der Waals surface area contributed by atoms with Crippen molar-refractivity contribution in [2.75, 3.05) is 0 Å². The molecule has 3 heteroatoms. The Hall–Kier alpha value is -0.160. The molecule has 1 atom stereocenters. The van der Waals surface area contributed by atoms with E-state index in [2.05, 4.69) is 22.6 Å². The molecule has 0 spiro atoms. The first-order valence-corrected chi connectivity index (χ1v) is 5.00. The summed E-state index contributed by atoms with van der Waals surface area (Å²) >= 11 is 2.15. The Balaban J connectivity index is 2.60. The maximum atomic E-state index is 12.9. The molecule has 1 aromatic carbocycles. The van der Waals surface area contributed by atoms with Crippen molar-refractivity contribution >= 4 is 22.6 Å². The molecule has 1 nitrogen and oxygen atoms in total. The first-order chi connectivity index (χ1) is 5.68. The lowest BCUT2D eigenvalue weighted by molar-refractivity contribution is 0.624. The Morgan fingerprint density at radius 3 is 3.00 bits per heavy atom. The molecular formula is C9H9FIN. The molecule has 0 unspecified atom stereocenters. The third-order valence-electron chi connectivity index (χ3n) is 2.28. The Labute approximate surface area is 84.3 Å². The number of aryl methyl sites for hydroxylation is 1. The minimum atomic E-state index is -0.146. The van der Waals surface area contributed by atoms with Crippen molar-refractivity contribution in [1.82, 2.24) is 0 Å². The third kappa shape index (κ3) is 1.25. The van der Waals surface area contributed by atoms with Gasteiger partial charge < -0.3 is 5.73 Å². The summed E-state index contributed by atoms with van der Waals surface area (Å²) in [6, 6.07) is 3.27. The maximum Gasteiger partial charge on any atom is 0.124 e. The first kappa shape index (κ1) is 8.44. The monoisotopic (exact) mass is 277 g/mol. The van der Waals surface area contributed by atoms with Crippen LogP contribution in [0.1, 0.15) is 23.6 Å². The Morgan fingerprint density at radius 2 is 2.25 bits per heavy atom. The van der Waals surface area contributed by atoms with Gasteiger partial charge in [-0.25, -0.2) is 4.39 Å². The summed E-state index contributed by atoms with van der Waals surface area (Å²) in [6.45, 7) is 0. The molecule has 2 rings (SSSR count). The highest BCUT2D eigenvalue weighted by Crippen LogP contribution is 2.33. The number of rotatable bonds is 0. The fourth-order valence-corrected chi connectivity index (χ4v) is 2.76. The number of halogens is 2. The molecule has 0 amide bonds. The van der Waals surface area contributed by atoms with Gasteiger partial charge >= 0.3 is 0 Å². The molecule has 1 aliphatic carbocycles. The molecule has 0 saturated carbocycles. The van der Waals surface area contributed by atoms with Gasteiger partial charge in [0.1, 0.15) is 5.82 Å². The van der Waals surface area contributed by atoms with Crippen LogP contribution in [-0.4, -0.2) is 0 Å². The van der Waals surface area contributed by atoms with Gasteiger partial charge in [0, 0.05) is 9.61 Å². The molecule has 0 heterocycles. The molecule has 0 saturated heterocycles. The van der Waals surface area contributed by atoms with Gasteiger partial charge in [0.15, 0.2) is 0 Å². The molecule has 2 N–H and O–H groups in total. The summed E-state index contributed by atoms with van der Waals surface area (Å²) in [4.78, 5) is 0. The zero-order valence-electron chi connectivity index (χ0n) is 6.48. The smallest absolute Gasteiger partial charge is 0.124 e. The lowest BCUT2D eigenvalue weighted by atomic mass is 10.1. The predicted octanol–water partition coefficient (Wildman–Crippen LogP) is 2.38. The van der Waals surface area contributed by atoms with E-state index in [0.29, 0.717) is 0 Å².